The van der Waals surface area contributed by atoms with Crippen molar-refractivity contribution in [2.45, 2.75) is 19.1 Å². The van der Waals surface area contributed by atoms with Crippen LogP contribution in [0.15, 0.2) is 71.5 Å². The van der Waals surface area contributed by atoms with Crippen LogP contribution < -0.4 is 10.2 Å². The summed E-state index contributed by atoms with van der Waals surface area (Å²) in [6, 6.07) is 17.3. The fourth-order valence-electron chi connectivity index (χ4n) is 3.61. The molecule has 1 aliphatic rings. The molecule has 2 aromatic rings. The summed E-state index contributed by atoms with van der Waals surface area (Å²) in [6.07, 6.45) is -3.72. The number of benzene rings is 2. The van der Waals surface area contributed by atoms with Crippen LogP contribution in [0.2, 0.25) is 5.02 Å². The average molecular weight is 516 g/mol. The molecule has 0 spiro atoms. The lowest BCUT2D eigenvalue weighted by molar-refractivity contribution is -0.153. The molecule has 0 unspecified atom stereocenters. The van der Waals surface area contributed by atoms with E-state index in [9.17, 15) is 19.8 Å². The summed E-state index contributed by atoms with van der Waals surface area (Å²) in [5.41, 5.74) is 3.02. The molecule has 0 aromatic heterocycles. The number of hydrogen-bond acceptors (Lipinski definition) is 6. The molecular formula is C26H30ClN3O4S. The number of halogens is 1. The lowest BCUT2D eigenvalue weighted by Crippen LogP contribution is -2.55. The predicted octanol–water partition coefficient (Wildman–Crippen LogP) is 3.13. The molecule has 3 rings (SSSR count). The van der Waals surface area contributed by atoms with E-state index in [-0.39, 0.29) is 6.54 Å². The number of aliphatic hydroxyl groups is 2. The Bertz CT molecular complexity index is 1070. The van der Waals surface area contributed by atoms with E-state index in [1.807, 2.05) is 60.9 Å². The van der Waals surface area contributed by atoms with Gasteiger partial charge in [-0.2, -0.15) is 0 Å². The third-order valence-corrected chi connectivity index (χ3v) is 6.97. The number of aliphatic hydroxyl groups excluding tert-OH is 2. The van der Waals surface area contributed by atoms with E-state index in [1.54, 1.807) is 6.07 Å². The standard InChI is InChI=1S/C26H30ClN3O4S/c1-18(20-8-4-3-5-9-20)17-35-19(2)16-28-25(33)23(31)24(32)26(34)30-14-12-29(13-15-30)22-11-7-6-10-21(22)27/h3-11,17,23-24,31-32H,2,12-16H2,1H3,(H,28,33)/b18-17+/t23-,24-/m1/s1. The lowest BCUT2D eigenvalue weighted by Gasteiger charge is -2.37. The number of anilines is 1. The Balaban J connectivity index is 1.44. The maximum Gasteiger partial charge on any atom is 0.254 e. The van der Waals surface area contributed by atoms with Gasteiger partial charge in [0, 0.05) is 37.6 Å². The third kappa shape index (κ3) is 7.35. The van der Waals surface area contributed by atoms with E-state index in [1.165, 1.54) is 16.7 Å². The minimum atomic E-state index is -1.87. The number of nitrogens with one attached hydrogen (secondary N) is 1. The quantitative estimate of drug-likeness (QED) is 0.475. The van der Waals surface area contributed by atoms with Crippen LogP contribution in [0.25, 0.3) is 5.57 Å². The number of nitrogens with zero attached hydrogens (tertiary/aromatic N) is 2. The second-order valence-electron chi connectivity index (χ2n) is 8.19. The van der Waals surface area contributed by atoms with Crippen molar-refractivity contribution < 1.29 is 19.8 Å². The third-order valence-electron chi connectivity index (χ3n) is 5.70. The summed E-state index contributed by atoms with van der Waals surface area (Å²) in [6.45, 7) is 7.72. The summed E-state index contributed by atoms with van der Waals surface area (Å²) >= 11 is 7.61. The summed E-state index contributed by atoms with van der Waals surface area (Å²) < 4.78 is 0. The summed E-state index contributed by atoms with van der Waals surface area (Å²) in [4.78, 5) is 29.1. The molecule has 0 aliphatic carbocycles. The number of para-hydroxylation sites is 1. The molecule has 0 saturated carbocycles. The molecule has 2 amide bonds. The predicted molar refractivity (Wildman–Crippen MR) is 142 cm³/mol. The Morgan fingerprint density at radius 2 is 1.69 bits per heavy atom. The van der Waals surface area contributed by atoms with Gasteiger partial charge in [-0.15, -0.1) is 11.8 Å². The van der Waals surface area contributed by atoms with Crippen LogP contribution in [0.4, 0.5) is 5.69 Å². The lowest BCUT2D eigenvalue weighted by atomic mass is 10.1. The first-order chi connectivity index (χ1) is 16.8. The summed E-state index contributed by atoms with van der Waals surface area (Å²) in [5, 5.41) is 25.7. The van der Waals surface area contributed by atoms with Crippen molar-refractivity contribution >= 4 is 46.4 Å². The first-order valence-corrected chi connectivity index (χ1v) is 12.5. The smallest absolute Gasteiger partial charge is 0.254 e. The van der Waals surface area contributed by atoms with E-state index in [0.717, 1.165) is 16.8 Å². The van der Waals surface area contributed by atoms with Crippen LogP contribution >= 0.6 is 23.4 Å². The Morgan fingerprint density at radius 1 is 1.06 bits per heavy atom. The Morgan fingerprint density at radius 3 is 2.34 bits per heavy atom. The fraction of sp³-hybridized carbons (Fsp3) is 0.308. The van der Waals surface area contributed by atoms with Crippen molar-refractivity contribution in [2.75, 3.05) is 37.6 Å². The molecule has 35 heavy (non-hydrogen) atoms. The van der Waals surface area contributed by atoms with Gasteiger partial charge in [0.1, 0.15) is 0 Å². The van der Waals surface area contributed by atoms with Gasteiger partial charge in [-0.25, -0.2) is 0 Å². The molecule has 1 heterocycles. The fourth-order valence-corrected chi connectivity index (χ4v) is 4.50. The van der Waals surface area contributed by atoms with E-state index in [0.29, 0.717) is 36.1 Å². The molecule has 3 N–H and O–H groups in total. The van der Waals surface area contributed by atoms with Crippen molar-refractivity contribution in [1.82, 2.24) is 10.2 Å². The zero-order chi connectivity index (χ0) is 25.4. The highest BCUT2D eigenvalue weighted by atomic mass is 35.5. The molecule has 1 aliphatic heterocycles. The average Bonchev–Trinajstić information content (AvgIpc) is 2.90. The molecule has 2 atom stereocenters. The van der Waals surface area contributed by atoms with Crippen molar-refractivity contribution in [1.29, 1.82) is 0 Å². The second kappa shape index (κ2) is 12.8. The van der Waals surface area contributed by atoms with Crippen molar-refractivity contribution in [3.05, 3.63) is 82.1 Å². The highest BCUT2D eigenvalue weighted by molar-refractivity contribution is 8.06. The Hall–Kier alpha value is -2.78. The molecule has 0 bridgehead atoms. The highest BCUT2D eigenvalue weighted by Gasteiger charge is 2.34. The van der Waals surface area contributed by atoms with Crippen molar-refractivity contribution in [2.24, 2.45) is 0 Å². The molecule has 7 nitrogen and oxygen atoms in total. The van der Waals surface area contributed by atoms with E-state index in [4.69, 9.17) is 11.6 Å². The van der Waals surface area contributed by atoms with Gasteiger partial charge in [0.15, 0.2) is 12.2 Å². The van der Waals surface area contributed by atoms with Crippen molar-refractivity contribution in [3.8, 4) is 0 Å². The molecule has 0 radical (unpaired) electrons. The van der Waals surface area contributed by atoms with Crippen LogP contribution in [0.3, 0.4) is 0 Å². The number of piperazine rings is 1. The molecule has 186 valence electrons. The number of thioether (sulfide) groups is 1. The summed E-state index contributed by atoms with van der Waals surface area (Å²) in [7, 11) is 0. The van der Waals surface area contributed by atoms with Gasteiger partial charge in [0.25, 0.3) is 11.8 Å². The minimum Gasteiger partial charge on any atom is -0.380 e. The number of amides is 2. The summed E-state index contributed by atoms with van der Waals surface area (Å²) in [5.74, 6) is -1.51. The van der Waals surface area contributed by atoms with E-state index in [2.05, 4.69) is 16.8 Å². The van der Waals surface area contributed by atoms with Crippen molar-refractivity contribution in [3.63, 3.8) is 0 Å². The molecule has 9 heteroatoms. The van der Waals surface area contributed by atoms with E-state index >= 15 is 0 Å². The Labute approximate surface area is 215 Å². The minimum absolute atomic E-state index is 0.0938. The maximum atomic E-state index is 12.7. The van der Waals surface area contributed by atoms with Crippen LogP contribution in [0, 0.1) is 0 Å². The normalized spacial score (nSPS) is 15.9. The topological polar surface area (TPSA) is 93.1 Å². The Kier molecular flexibility index (Phi) is 9.80. The van der Waals surface area contributed by atoms with Gasteiger partial charge >= 0.3 is 0 Å². The zero-order valence-electron chi connectivity index (χ0n) is 19.6. The number of rotatable bonds is 9. The molecule has 1 saturated heterocycles. The number of allylic oxidation sites excluding steroid dienone is 1. The van der Waals surface area contributed by atoms with Gasteiger partial charge < -0.3 is 25.3 Å². The van der Waals surface area contributed by atoms with Gasteiger partial charge in [0.05, 0.1) is 10.7 Å². The van der Waals surface area contributed by atoms with Gasteiger partial charge in [-0.3, -0.25) is 9.59 Å². The van der Waals surface area contributed by atoms with E-state index < -0.39 is 24.0 Å². The number of hydrogen-bond donors (Lipinski definition) is 3. The molecule has 2 aromatic carbocycles. The van der Waals surface area contributed by atoms with Crippen LogP contribution in [-0.2, 0) is 9.59 Å². The number of carbonyl (C=O) groups excluding carboxylic acids is 2. The zero-order valence-corrected chi connectivity index (χ0v) is 21.1. The second-order valence-corrected chi connectivity index (χ2v) is 9.65. The van der Waals surface area contributed by atoms with Crippen LogP contribution in [-0.4, -0.2) is 71.9 Å². The number of carbonyl (C=O) groups is 2. The highest BCUT2D eigenvalue weighted by Crippen LogP contribution is 2.26. The SMILES string of the molecule is C=C(CNC(=O)[C@H](O)[C@@H](O)C(=O)N1CCN(c2ccccc2Cl)CC1)S/C=C(\C)c1ccccc1. The first kappa shape index (κ1) is 26.8. The van der Waals surface area contributed by atoms with Gasteiger partial charge in [-0.1, -0.05) is 60.6 Å². The molecular weight excluding hydrogens is 486 g/mol. The van der Waals surface area contributed by atoms with Crippen LogP contribution in [0.1, 0.15) is 12.5 Å². The van der Waals surface area contributed by atoms with Gasteiger partial charge in [0.2, 0.25) is 0 Å². The van der Waals surface area contributed by atoms with Gasteiger partial charge in [-0.05, 0) is 35.6 Å². The molecule has 1 fully saturated rings. The van der Waals surface area contributed by atoms with Crippen LogP contribution in [0.5, 0.6) is 0 Å². The largest absolute Gasteiger partial charge is 0.380 e. The first-order valence-electron chi connectivity index (χ1n) is 11.3. The monoisotopic (exact) mass is 515 g/mol. The maximum absolute atomic E-state index is 12.7.